The van der Waals surface area contributed by atoms with Gasteiger partial charge in [-0.1, -0.05) is 25.4 Å². The first kappa shape index (κ1) is 18.4. The number of rotatable bonds is 7. The van der Waals surface area contributed by atoms with E-state index >= 15 is 0 Å². The predicted molar refractivity (Wildman–Crippen MR) is 83.0 cm³/mol. The molecule has 1 aromatic rings. The molecule has 0 aromatic heterocycles. The SMILES string of the molecule is CCOc1cc(CNCC(C)C)cc(Cl)c1OC.Cl. The van der Waals surface area contributed by atoms with Crippen LogP contribution in [-0.4, -0.2) is 20.3 Å². The molecule has 0 radical (unpaired) electrons. The molecule has 19 heavy (non-hydrogen) atoms. The van der Waals surface area contributed by atoms with Crippen molar-refractivity contribution in [1.29, 1.82) is 0 Å². The van der Waals surface area contributed by atoms with E-state index in [0.717, 1.165) is 18.7 Å². The summed E-state index contributed by atoms with van der Waals surface area (Å²) in [7, 11) is 1.60. The van der Waals surface area contributed by atoms with Crippen LogP contribution in [0.5, 0.6) is 11.5 Å². The van der Waals surface area contributed by atoms with E-state index < -0.39 is 0 Å². The minimum absolute atomic E-state index is 0. The Balaban J connectivity index is 0.00000324. The molecule has 0 aliphatic rings. The van der Waals surface area contributed by atoms with Crippen molar-refractivity contribution >= 4 is 24.0 Å². The lowest BCUT2D eigenvalue weighted by Gasteiger charge is -2.14. The summed E-state index contributed by atoms with van der Waals surface area (Å²) in [5, 5.41) is 3.97. The molecule has 0 unspecified atom stereocenters. The van der Waals surface area contributed by atoms with E-state index in [-0.39, 0.29) is 12.4 Å². The van der Waals surface area contributed by atoms with Crippen LogP contribution in [-0.2, 0) is 6.54 Å². The van der Waals surface area contributed by atoms with E-state index in [1.807, 2.05) is 19.1 Å². The molecular weight excluding hydrogens is 285 g/mol. The Morgan fingerprint density at radius 2 is 2.00 bits per heavy atom. The summed E-state index contributed by atoms with van der Waals surface area (Å²) < 4.78 is 10.8. The normalized spacial score (nSPS) is 10.2. The van der Waals surface area contributed by atoms with Crippen molar-refractivity contribution in [3.05, 3.63) is 22.7 Å². The van der Waals surface area contributed by atoms with Gasteiger partial charge in [0.15, 0.2) is 11.5 Å². The third-order valence-corrected chi connectivity index (χ3v) is 2.74. The molecule has 110 valence electrons. The number of methoxy groups -OCH3 is 1. The number of benzene rings is 1. The summed E-state index contributed by atoms with van der Waals surface area (Å²) in [6.45, 7) is 8.65. The van der Waals surface area contributed by atoms with Crippen LogP contribution < -0.4 is 14.8 Å². The van der Waals surface area contributed by atoms with E-state index in [4.69, 9.17) is 21.1 Å². The van der Waals surface area contributed by atoms with Crippen LogP contribution >= 0.6 is 24.0 Å². The standard InChI is InChI=1S/C14H22ClNO2.ClH/c1-5-18-13-7-11(9-16-8-10(2)3)6-12(15)14(13)17-4;/h6-7,10,16H,5,8-9H2,1-4H3;1H. The average molecular weight is 308 g/mol. The highest BCUT2D eigenvalue weighted by atomic mass is 35.5. The van der Waals surface area contributed by atoms with Crippen LogP contribution in [0.1, 0.15) is 26.3 Å². The maximum absolute atomic E-state index is 6.18. The predicted octanol–water partition coefficient (Wildman–Crippen LogP) is 3.91. The van der Waals surface area contributed by atoms with Gasteiger partial charge in [0.2, 0.25) is 0 Å². The summed E-state index contributed by atoms with van der Waals surface area (Å²) in [5.74, 6) is 1.94. The summed E-state index contributed by atoms with van der Waals surface area (Å²) in [6.07, 6.45) is 0. The molecule has 5 heteroatoms. The van der Waals surface area contributed by atoms with Gasteiger partial charge < -0.3 is 14.8 Å². The topological polar surface area (TPSA) is 30.5 Å². The van der Waals surface area contributed by atoms with Crippen LogP contribution in [0.3, 0.4) is 0 Å². The monoisotopic (exact) mass is 307 g/mol. The van der Waals surface area contributed by atoms with E-state index in [1.54, 1.807) is 7.11 Å². The lowest BCUT2D eigenvalue weighted by atomic mass is 10.1. The summed E-state index contributed by atoms with van der Waals surface area (Å²) >= 11 is 6.18. The zero-order chi connectivity index (χ0) is 13.5. The van der Waals surface area contributed by atoms with Crippen LogP contribution in [0.15, 0.2) is 12.1 Å². The highest BCUT2D eigenvalue weighted by Gasteiger charge is 2.11. The maximum Gasteiger partial charge on any atom is 0.179 e. The molecule has 0 fully saturated rings. The highest BCUT2D eigenvalue weighted by molar-refractivity contribution is 6.32. The zero-order valence-electron chi connectivity index (χ0n) is 12.0. The number of ether oxygens (including phenoxy) is 2. The van der Waals surface area contributed by atoms with Crippen molar-refractivity contribution in [2.45, 2.75) is 27.3 Å². The summed E-state index contributed by atoms with van der Waals surface area (Å²) in [5.41, 5.74) is 1.10. The molecule has 1 N–H and O–H groups in total. The van der Waals surface area contributed by atoms with Crippen LogP contribution in [0, 0.1) is 5.92 Å². The molecule has 3 nitrogen and oxygen atoms in total. The van der Waals surface area contributed by atoms with Gasteiger partial charge in [-0.15, -0.1) is 12.4 Å². The first-order chi connectivity index (χ1) is 8.58. The first-order valence-electron chi connectivity index (χ1n) is 6.28. The minimum Gasteiger partial charge on any atom is -0.491 e. The molecule has 0 amide bonds. The van der Waals surface area contributed by atoms with E-state index in [9.17, 15) is 0 Å². The molecule has 0 heterocycles. The lowest BCUT2D eigenvalue weighted by Crippen LogP contribution is -2.19. The van der Waals surface area contributed by atoms with Gasteiger partial charge >= 0.3 is 0 Å². The van der Waals surface area contributed by atoms with Crippen molar-refractivity contribution in [2.75, 3.05) is 20.3 Å². The number of halogens is 2. The Bertz CT molecular complexity index is 384. The molecule has 0 saturated heterocycles. The highest BCUT2D eigenvalue weighted by Crippen LogP contribution is 2.36. The van der Waals surface area contributed by atoms with Gasteiger partial charge in [-0.25, -0.2) is 0 Å². The molecule has 0 aliphatic carbocycles. The smallest absolute Gasteiger partial charge is 0.179 e. The van der Waals surface area contributed by atoms with Gasteiger partial charge in [0.25, 0.3) is 0 Å². The molecule has 0 bridgehead atoms. The Morgan fingerprint density at radius 3 is 2.53 bits per heavy atom. The molecule has 0 aliphatic heterocycles. The summed E-state index contributed by atoms with van der Waals surface area (Å²) in [6, 6.07) is 3.89. The second-order valence-corrected chi connectivity index (χ2v) is 4.97. The second-order valence-electron chi connectivity index (χ2n) is 4.57. The van der Waals surface area contributed by atoms with Crippen LogP contribution in [0.4, 0.5) is 0 Å². The zero-order valence-corrected chi connectivity index (χ0v) is 13.5. The third-order valence-electron chi connectivity index (χ3n) is 2.45. The van der Waals surface area contributed by atoms with Gasteiger partial charge in [-0.2, -0.15) is 0 Å². The third kappa shape index (κ3) is 5.89. The fourth-order valence-corrected chi connectivity index (χ4v) is 2.00. The number of nitrogens with one attached hydrogen (secondary N) is 1. The minimum atomic E-state index is 0. The van der Waals surface area contributed by atoms with Gasteiger partial charge in [0.1, 0.15) is 0 Å². The van der Waals surface area contributed by atoms with E-state index in [1.165, 1.54) is 0 Å². The molecule has 0 atom stereocenters. The number of hydrogen-bond donors (Lipinski definition) is 1. The van der Waals surface area contributed by atoms with Crippen LogP contribution in [0.2, 0.25) is 5.02 Å². The lowest BCUT2D eigenvalue weighted by molar-refractivity contribution is 0.310. The molecule has 1 rings (SSSR count). The molecule has 0 saturated carbocycles. The second kappa shape index (κ2) is 9.29. The molecule has 1 aromatic carbocycles. The Kier molecular flexibility index (Phi) is 8.98. The fraction of sp³-hybridized carbons (Fsp3) is 0.571. The quantitative estimate of drug-likeness (QED) is 0.828. The van der Waals surface area contributed by atoms with Gasteiger partial charge in [0, 0.05) is 6.54 Å². The van der Waals surface area contributed by atoms with Crippen LogP contribution in [0.25, 0.3) is 0 Å². The van der Waals surface area contributed by atoms with Gasteiger partial charge in [-0.05, 0) is 37.1 Å². The Labute approximate surface area is 127 Å². The van der Waals surface area contributed by atoms with Crippen molar-refractivity contribution in [2.24, 2.45) is 5.92 Å². The number of hydrogen-bond acceptors (Lipinski definition) is 3. The van der Waals surface area contributed by atoms with Crippen molar-refractivity contribution in [1.82, 2.24) is 5.32 Å². The molecule has 0 spiro atoms. The average Bonchev–Trinajstić information content (AvgIpc) is 2.28. The van der Waals surface area contributed by atoms with Gasteiger partial charge in [0.05, 0.1) is 18.7 Å². The van der Waals surface area contributed by atoms with E-state index in [0.29, 0.717) is 29.0 Å². The van der Waals surface area contributed by atoms with Crippen molar-refractivity contribution in [3.63, 3.8) is 0 Å². The molecular formula is C14H23Cl2NO2. The van der Waals surface area contributed by atoms with Gasteiger partial charge in [-0.3, -0.25) is 0 Å². The first-order valence-corrected chi connectivity index (χ1v) is 6.66. The Hall–Kier alpha value is -0.640. The Morgan fingerprint density at radius 1 is 1.32 bits per heavy atom. The van der Waals surface area contributed by atoms with E-state index in [2.05, 4.69) is 19.2 Å². The van der Waals surface area contributed by atoms with Crippen molar-refractivity contribution < 1.29 is 9.47 Å². The maximum atomic E-state index is 6.18. The summed E-state index contributed by atoms with van der Waals surface area (Å²) in [4.78, 5) is 0. The van der Waals surface area contributed by atoms with Crippen molar-refractivity contribution in [3.8, 4) is 11.5 Å². The largest absolute Gasteiger partial charge is 0.491 e. The fourth-order valence-electron chi connectivity index (χ4n) is 1.69.